The number of hydrogen-bond donors (Lipinski definition) is 1. The lowest BCUT2D eigenvalue weighted by molar-refractivity contribution is 0.295. The van der Waals surface area contributed by atoms with Gasteiger partial charge in [-0.15, -0.1) is 0 Å². The van der Waals surface area contributed by atoms with Gasteiger partial charge in [0.1, 0.15) is 0 Å². The van der Waals surface area contributed by atoms with Gasteiger partial charge in [-0.25, -0.2) is 0 Å². The zero-order valence-corrected chi connectivity index (χ0v) is 13.2. The molecule has 1 unspecified atom stereocenters. The van der Waals surface area contributed by atoms with Crippen LogP contribution in [-0.2, 0) is 0 Å². The van der Waals surface area contributed by atoms with Crippen LogP contribution in [0.5, 0.6) is 0 Å². The van der Waals surface area contributed by atoms with Crippen LogP contribution in [0.1, 0.15) is 33.6 Å². The summed E-state index contributed by atoms with van der Waals surface area (Å²) in [6, 6.07) is 2.49. The first-order chi connectivity index (χ1) is 8.67. The van der Waals surface area contributed by atoms with Crippen molar-refractivity contribution in [3.63, 3.8) is 0 Å². The maximum atomic E-state index is 4.07. The van der Waals surface area contributed by atoms with Crippen LogP contribution < -0.4 is 5.32 Å². The van der Waals surface area contributed by atoms with Crippen molar-refractivity contribution in [2.45, 2.75) is 39.7 Å². The Morgan fingerprint density at radius 3 is 2.72 bits per heavy atom. The van der Waals surface area contributed by atoms with Crippen LogP contribution in [0.2, 0.25) is 0 Å². The summed E-state index contributed by atoms with van der Waals surface area (Å²) in [5.41, 5.74) is 1.13. The summed E-state index contributed by atoms with van der Waals surface area (Å²) in [4.78, 5) is 6.53. The van der Waals surface area contributed by atoms with E-state index in [0.29, 0.717) is 6.04 Å². The van der Waals surface area contributed by atoms with E-state index in [1.54, 1.807) is 0 Å². The zero-order valence-electron chi connectivity index (χ0n) is 11.6. The van der Waals surface area contributed by atoms with Gasteiger partial charge >= 0.3 is 0 Å². The summed E-state index contributed by atoms with van der Waals surface area (Å²) < 4.78 is 1.03. The minimum Gasteiger partial charge on any atom is -0.382 e. The SMILES string of the molecule is CCN(CC)CCCC(C)Nc1ccncc1Br. The number of rotatable bonds is 8. The Labute approximate surface area is 119 Å². The number of nitrogens with one attached hydrogen (secondary N) is 1. The third-order valence-electron chi connectivity index (χ3n) is 3.18. The maximum Gasteiger partial charge on any atom is 0.0590 e. The van der Waals surface area contributed by atoms with E-state index in [0.717, 1.165) is 23.2 Å². The van der Waals surface area contributed by atoms with Crippen molar-refractivity contribution in [1.82, 2.24) is 9.88 Å². The molecule has 102 valence electrons. The summed E-state index contributed by atoms with van der Waals surface area (Å²) in [6.07, 6.45) is 6.06. The molecule has 0 bridgehead atoms. The van der Waals surface area contributed by atoms with Crippen molar-refractivity contribution >= 4 is 21.6 Å². The molecule has 0 fully saturated rings. The van der Waals surface area contributed by atoms with Crippen molar-refractivity contribution in [3.05, 3.63) is 22.9 Å². The van der Waals surface area contributed by atoms with Crippen molar-refractivity contribution < 1.29 is 0 Å². The second-order valence-electron chi connectivity index (χ2n) is 4.57. The lowest BCUT2D eigenvalue weighted by atomic mass is 10.1. The summed E-state index contributed by atoms with van der Waals surface area (Å²) in [6.45, 7) is 10.2. The van der Waals surface area contributed by atoms with Gasteiger partial charge in [0, 0.05) is 18.4 Å². The van der Waals surface area contributed by atoms with Crippen molar-refractivity contribution in [3.8, 4) is 0 Å². The van der Waals surface area contributed by atoms with Crippen molar-refractivity contribution in [2.24, 2.45) is 0 Å². The molecule has 0 saturated carbocycles. The van der Waals surface area contributed by atoms with E-state index in [4.69, 9.17) is 0 Å². The molecule has 1 aromatic rings. The molecular weight excluding hydrogens is 290 g/mol. The number of anilines is 1. The first kappa shape index (κ1) is 15.4. The molecule has 1 N–H and O–H groups in total. The van der Waals surface area contributed by atoms with Gasteiger partial charge in [0.15, 0.2) is 0 Å². The monoisotopic (exact) mass is 313 g/mol. The number of aromatic nitrogens is 1. The molecule has 1 heterocycles. The number of hydrogen-bond acceptors (Lipinski definition) is 3. The van der Waals surface area contributed by atoms with Gasteiger partial charge in [-0.1, -0.05) is 13.8 Å². The molecular formula is C14H24BrN3. The van der Waals surface area contributed by atoms with E-state index in [1.165, 1.54) is 19.4 Å². The largest absolute Gasteiger partial charge is 0.382 e. The Morgan fingerprint density at radius 1 is 1.39 bits per heavy atom. The molecule has 0 aromatic carbocycles. The van der Waals surface area contributed by atoms with Gasteiger partial charge in [-0.05, 0) is 61.4 Å². The predicted octanol–water partition coefficient (Wildman–Crippen LogP) is 3.77. The van der Waals surface area contributed by atoms with Crippen molar-refractivity contribution in [1.29, 1.82) is 0 Å². The summed E-state index contributed by atoms with van der Waals surface area (Å²) in [7, 11) is 0. The molecule has 0 radical (unpaired) electrons. The van der Waals surface area contributed by atoms with Gasteiger partial charge < -0.3 is 10.2 Å². The van der Waals surface area contributed by atoms with E-state index in [9.17, 15) is 0 Å². The van der Waals surface area contributed by atoms with E-state index in [2.05, 4.69) is 51.9 Å². The van der Waals surface area contributed by atoms with Crippen LogP contribution in [0.3, 0.4) is 0 Å². The normalized spacial score (nSPS) is 12.7. The minimum atomic E-state index is 0.485. The smallest absolute Gasteiger partial charge is 0.0590 e. The molecule has 0 amide bonds. The Hall–Kier alpha value is -0.610. The Morgan fingerprint density at radius 2 is 2.11 bits per heavy atom. The standard InChI is InChI=1S/C14H24BrN3/c1-4-18(5-2)10-6-7-12(3)17-14-8-9-16-11-13(14)15/h8-9,11-12H,4-7,10H2,1-3H3,(H,16,17). The summed E-state index contributed by atoms with van der Waals surface area (Å²) in [5.74, 6) is 0. The second kappa shape index (κ2) is 8.48. The zero-order chi connectivity index (χ0) is 13.4. The summed E-state index contributed by atoms with van der Waals surface area (Å²) >= 11 is 3.51. The Kier molecular flexibility index (Phi) is 7.28. The Balaban J connectivity index is 2.30. The highest BCUT2D eigenvalue weighted by Gasteiger charge is 2.06. The average Bonchev–Trinajstić information content (AvgIpc) is 2.37. The first-order valence-electron chi connectivity index (χ1n) is 6.75. The molecule has 0 aliphatic heterocycles. The second-order valence-corrected chi connectivity index (χ2v) is 5.42. The molecule has 0 saturated heterocycles. The van der Waals surface area contributed by atoms with Crippen LogP contribution in [0.15, 0.2) is 22.9 Å². The highest BCUT2D eigenvalue weighted by Crippen LogP contribution is 2.21. The third kappa shape index (κ3) is 5.36. The molecule has 1 rings (SSSR count). The van der Waals surface area contributed by atoms with Crippen LogP contribution in [0, 0.1) is 0 Å². The lowest BCUT2D eigenvalue weighted by Crippen LogP contribution is -2.25. The predicted molar refractivity (Wildman–Crippen MR) is 82.0 cm³/mol. The van der Waals surface area contributed by atoms with Crippen LogP contribution in [0.25, 0.3) is 0 Å². The fourth-order valence-electron chi connectivity index (χ4n) is 1.99. The molecule has 0 aliphatic rings. The highest BCUT2D eigenvalue weighted by atomic mass is 79.9. The van der Waals surface area contributed by atoms with Gasteiger partial charge in [0.2, 0.25) is 0 Å². The number of pyridine rings is 1. The van der Waals surface area contributed by atoms with Gasteiger partial charge in [-0.2, -0.15) is 0 Å². The number of halogens is 1. The van der Waals surface area contributed by atoms with Crippen LogP contribution in [-0.4, -0.2) is 35.6 Å². The summed E-state index contributed by atoms with van der Waals surface area (Å²) in [5, 5.41) is 3.51. The lowest BCUT2D eigenvalue weighted by Gasteiger charge is -2.20. The fraction of sp³-hybridized carbons (Fsp3) is 0.643. The quantitative estimate of drug-likeness (QED) is 0.792. The fourth-order valence-corrected chi connectivity index (χ4v) is 2.36. The molecule has 3 nitrogen and oxygen atoms in total. The molecule has 0 spiro atoms. The van der Waals surface area contributed by atoms with Crippen LogP contribution in [0.4, 0.5) is 5.69 Å². The Bertz CT molecular complexity index is 340. The molecule has 18 heavy (non-hydrogen) atoms. The van der Waals surface area contributed by atoms with E-state index in [1.807, 2.05) is 18.5 Å². The van der Waals surface area contributed by atoms with E-state index in [-0.39, 0.29) is 0 Å². The molecule has 0 aliphatic carbocycles. The maximum absolute atomic E-state index is 4.07. The molecule has 4 heteroatoms. The average molecular weight is 314 g/mol. The first-order valence-corrected chi connectivity index (χ1v) is 7.55. The molecule has 1 aromatic heterocycles. The van der Waals surface area contributed by atoms with Crippen molar-refractivity contribution in [2.75, 3.05) is 25.0 Å². The highest BCUT2D eigenvalue weighted by molar-refractivity contribution is 9.10. The minimum absolute atomic E-state index is 0.485. The van der Waals surface area contributed by atoms with Crippen LogP contribution >= 0.6 is 15.9 Å². The topological polar surface area (TPSA) is 28.2 Å². The van der Waals surface area contributed by atoms with E-state index < -0.39 is 0 Å². The van der Waals surface area contributed by atoms with Gasteiger partial charge in [0.05, 0.1) is 10.2 Å². The number of nitrogens with zero attached hydrogens (tertiary/aromatic N) is 2. The van der Waals surface area contributed by atoms with E-state index >= 15 is 0 Å². The van der Waals surface area contributed by atoms with Gasteiger partial charge in [-0.3, -0.25) is 4.98 Å². The van der Waals surface area contributed by atoms with Gasteiger partial charge in [0.25, 0.3) is 0 Å². The third-order valence-corrected chi connectivity index (χ3v) is 3.81. The molecule has 1 atom stereocenters.